The summed E-state index contributed by atoms with van der Waals surface area (Å²) < 4.78 is 1.73. The predicted molar refractivity (Wildman–Crippen MR) is 68.0 cm³/mol. The fourth-order valence-electron chi connectivity index (χ4n) is 2.31. The fourth-order valence-corrected chi connectivity index (χ4v) is 2.31. The van der Waals surface area contributed by atoms with E-state index in [4.69, 9.17) is 5.73 Å². The molecule has 0 aliphatic carbocycles. The molecule has 2 amide bonds. The minimum absolute atomic E-state index is 0.0398. The van der Waals surface area contributed by atoms with Gasteiger partial charge in [-0.3, -0.25) is 9.59 Å². The molecule has 0 radical (unpaired) electrons. The average molecular weight is 250 g/mol. The van der Waals surface area contributed by atoms with Gasteiger partial charge in [-0.05, 0) is 12.5 Å². The molecule has 1 saturated heterocycles. The second-order valence-corrected chi connectivity index (χ2v) is 4.71. The molecule has 1 aliphatic rings. The largest absolute Gasteiger partial charge is 0.397 e. The Hall–Kier alpha value is -1.98. The van der Waals surface area contributed by atoms with Crippen LogP contribution in [0.2, 0.25) is 0 Å². The lowest BCUT2D eigenvalue weighted by Gasteiger charge is -2.17. The van der Waals surface area contributed by atoms with Gasteiger partial charge in [-0.15, -0.1) is 0 Å². The first kappa shape index (κ1) is 12.5. The summed E-state index contributed by atoms with van der Waals surface area (Å²) in [6.45, 7) is 2.71. The van der Waals surface area contributed by atoms with E-state index < -0.39 is 0 Å². The Morgan fingerprint density at radius 1 is 1.50 bits per heavy atom. The van der Waals surface area contributed by atoms with Crippen molar-refractivity contribution in [1.29, 1.82) is 0 Å². The van der Waals surface area contributed by atoms with E-state index >= 15 is 0 Å². The molecule has 1 atom stereocenters. The molecule has 1 aromatic rings. The predicted octanol–water partition coefficient (Wildman–Crippen LogP) is -0.0421. The van der Waals surface area contributed by atoms with Crippen LogP contribution in [0.25, 0.3) is 0 Å². The van der Waals surface area contributed by atoms with Crippen LogP contribution in [-0.2, 0) is 11.8 Å². The van der Waals surface area contributed by atoms with Gasteiger partial charge in [0.25, 0.3) is 5.91 Å². The van der Waals surface area contributed by atoms with Gasteiger partial charge in [0, 0.05) is 39.3 Å². The monoisotopic (exact) mass is 250 g/mol. The van der Waals surface area contributed by atoms with Gasteiger partial charge >= 0.3 is 0 Å². The van der Waals surface area contributed by atoms with Crippen LogP contribution < -0.4 is 11.1 Å². The minimum atomic E-state index is -0.0580. The summed E-state index contributed by atoms with van der Waals surface area (Å²) in [5.41, 5.74) is 6.82. The highest BCUT2D eigenvalue weighted by Gasteiger charge is 2.28. The number of carbonyl (C=O) groups excluding carboxylic acids is 2. The van der Waals surface area contributed by atoms with E-state index in [1.165, 1.54) is 6.92 Å². The quantitative estimate of drug-likeness (QED) is 0.772. The first-order chi connectivity index (χ1) is 8.47. The Balaban J connectivity index is 2.03. The maximum absolute atomic E-state index is 12.2. The zero-order chi connectivity index (χ0) is 13.3. The zero-order valence-corrected chi connectivity index (χ0v) is 10.6. The van der Waals surface area contributed by atoms with Crippen molar-refractivity contribution in [3.63, 3.8) is 0 Å². The van der Waals surface area contributed by atoms with Gasteiger partial charge in [0.2, 0.25) is 5.91 Å². The topological polar surface area (TPSA) is 80.4 Å². The van der Waals surface area contributed by atoms with Crippen LogP contribution in [0.4, 0.5) is 5.69 Å². The molecule has 18 heavy (non-hydrogen) atoms. The van der Waals surface area contributed by atoms with E-state index in [2.05, 4.69) is 5.32 Å². The highest BCUT2D eigenvalue weighted by molar-refractivity contribution is 5.94. The number of likely N-dealkylation sites (tertiary alicyclic amines) is 1. The van der Waals surface area contributed by atoms with Crippen LogP contribution in [0.1, 0.15) is 23.8 Å². The van der Waals surface area contributed by atoms with Crippen LogP contribution in [0.5, 0.6) is 0 Å². The number of nitrogens with one attached hydrogen (secondary N) is 1. The van der Waals surface area contributed by atoms with E-state index in [9.17, 15) is 9.59 Å². The summed E-state index contributed by atoms with van der Waals surface area (Å²) in [7, 11) is 1.80. The van der Waals surface area contributed by atoms with Crippen molar-refractivity contribution in [2.24, 2.45) is 7.05 Å². The van der Waals surface area contributed by atoms with Crippen molar-refractivity contribution in [2.45, 2.75) is 19.4 Å². The number of rotatable bonds is 2. The Morgan fingerprint density at radius 2 is 2.22 bits per heavy atom. The third-order valence-electron chi connectivity index (χ3n) is 3.13. The first-order valence-corrected chi connectivity index (χ1v) is 5.95. The van der Waals surface area contributed by atoms with E-state index in [0.29, 0.717) is 24.5 Å². The summed E-state index contributed by atoms with van der Waals surface area (Å²) in [5.74, 6) is -0.0977. The molecule has 1 fully saturated rings. The van der Waals surface area contributed by atoms with Gasteiger partial charge in [0.05, 0.1) is 5.69 Å². The van der Waals surface area contributed by atoms with E-state index in [0.717, 1.165) is 6.42 Å². The number of nitrogens with zero attached hydrogens (tertiary/aromatic N) is 2. The van der Waals surface area contributed by atoms with Crippen LogP contribution in [0, 0.1) is 0 Å². The van der Waals surface area contributed by atoms with Gasteiger partial charge in [0.15, 0.2) is 0 Å². The molecule has 6 heteroatoms. The average Bonchev–Trinajstić information content (AvgIpc) is 2.84. The molecular formula is C12H18N4O2. The summed E-state index contributed by atoms with van der Waals surface area (Å²) in [5, 5.41) is 2.83. The van der Waals surface area contributed by atoms with Crippen molar-refractivity contribution < 1.29 is 9.59 Å². The molecule has 2 heterocycles. The van der Waals surface area contributed by atoms with E-state index in [1.807, 2.05) is 0 Å². The standard InChI is InChI=1S/C12H18N4O2/c1-8(17)14-10-3-4-16(7-10)12(18)11-5-9(13)6-15(11)2/h5-6,10H,3-4,7,13H2,1-2H3,(H,14,17). The number of amides is 2. The lowest BCUT2D eigenvalue weighted by atomic mass is 10.2. The van der Waals surface area contributed by atoms with E-state index in [-0.39, 0.29) is 17.9 Å². The molecule has 2 rings (SSSR count). The number of nitrogen functional groups attached to an aromatic ring is 1. The number of hydrogen-bond acceptors (Lipinski definition) is 3. The maximum atomic E-state index is 12.2. The molecular weight excluding hydrogens is 232 g/mol. The summed E-state index contributed by atoms with van der Waals surface area (Å²) in [6, 6.07) is 1.73. The molecule has 1 aliphatic heterocycles. The smallest absolute Gasteiger partial charge is 0.270 e. The van der Waals surface area contributed by atoms with Crippen LogP contribution in [0.3, 0.4) is 0 Å². The first-order valence-electron chi connectivity index (χ1n) is 5.95. The summed E-state index contributed by atoms with van der Waals surface area (Å²) >= 11 is 0. The maximum Gasteiger partial charge on any atom is 0.270 e. The zero-order valence-electron chi connectivity index (χ0n) is 10.6. The van der Waals surface area contributed by atoms with E-state index in [1.54, 1.807) is 28.8 Å². The van der Waals surface area contributed by atoms with Gasteiger partial charge in [-0.25, -0.2) is 0 Å². The molecule has 0 bridgehead atoms. The van der Waals surface area contributed by atoms with Crippen LogP contribution in [-0.4, -0.2) is 40.4 Å². The summed E-state index contributed by atoms with van der Waals surface area (Å²) in [6.07, 6.45) is 2.51. The number of hydrogen-bond donors (Lipinski definition) is 2. The number of carbonyl (C=O) groups is 2. The van der Waals surface area contributed by atoms with Crippen molar-refractivity contribution in [3.05, 3.63) is 18.0 Å². The van der Waals surface area contributed by atoms with Crippen molar-refractivity contribution in [3.8, 4) is 0 Å². The number of nitrogens with two attached hydrogens (primary N) is 1. The molecule has 0 spiro atoms. The van der Waals surface area contributed by atoms with Crippen LogP contribution in [0.15, 0.2) is 12.3 Å². The lowest BCUT2D eigenvalue weighted by Crippen LogP contribution is -2.37. The Bertz CT molecular complexity index is 480. The Kier molecular flexibility index (Phi) is 3.27. The molecule has 98 valence electrons. The van der Waals surface area contributed by atoms with Gasteiger partial charge < -0.3 is 20.5 Å². The van der Waals surface area contributed by atoms with Crippen molar-refractivity contribution >= 4 is 17.5 Å². The van der Waals surface area contributed by atoms with Gasteiger partial charge in [0.1, 0.15) is 5.69 Å². The van der Waals surface area contributed by atoms with Gasteiger partial charge in [-0.1, -0.05) is 0 Å². The van der Waals surface area contributed by atoms with Crippen LogP contribution >= 0.6 is 0 Å². The normalized spacial score (nSPS) is 19.0. The fraction of sp³-hybridized carbons (Fsp3) is 0.500. The third-order valence-corrected chi connectivity index (χ3v) is 3.13. The third kappa shape index (κ3) is 2.47. The molecule has 0 aromatic carbocycles. The molecule has 6 nitrogen and oxygen atoms in total. The molecule has 1 unspecified atom stereocenters. The summed E-state index contributed by atoms with van der Waals surface area (Å²) in [4.78, 5) is 25.0. The van der Waals surface area contributed by atoms with Crippen molar-refractivity contribution in [2.75, 3.05) is 18.8 Å². The van der Waals surface area contributed by atoms with Gasteiger partial charge in [-0.2, -0.15) is 0 Å². The second-order valence-electron chi connectivity index (χ2n) is 4.71. The Labute approximate surface area is 106 Å². The minimum Gasteiger partial charge on any atom is -0.397 e. The molecule has 0 saturated carbocycles. The lowest BCUT2D eigenvalue weighted by molar-refractivity contribution is -0.119. The Morgan fingerprint density at radius 3 is 2.78 bits per heavy atom. The SMILES string of the molecule is CC(=O)NC1CCN(C(=O)c2cc(N)cn2C)C1. The molecule has 1 aromatic heterocycles. The number of aryl methyl sites for hydroxylation is 1. The number of aromatic nitrogens is 1. The highest BCUT2D eigenvalue weighted by atomic mass is 16.2. The molecule has 3 N–H and O–H groups in total. The van der Waals surface area contributed by atoms with Crippen molar-refractivity contribution in [1.82, 2.24) is 14.8 Å². The number of anilines is 1. The highest BCUT2D eigenvalue weighted by Crippen LogP contribution is 2.16. The second kappa shape index (κ2) is 4.72.